The number of carbonyl (C=O) groups excluding carboxylic acids is 3. The van der Waals surface area contributed by atoms with E-state index < -0.39 is 0 Å². The Balaban J connectivity index is 1.27. The van der Waals surface area contributed by atoms with Gasteiger partial charge in [-0.1, -0.05) is 0 Å². The number of ether oxygens (including phenoxy) is 4. The van der Waals surface area contributed by atoms with Crippen molar-refractivity contribution in [3.05, 3.63) is 48.0 Å². The summed E-state index contributed by atoms with van der Waals surface area (Å²) in [6.07, 6.45) is 2.22. The summed E-state index contributed by atoms with van der Waals surface area (Å²) in [5, 5.41) is 12.4. The highest BCUT2D eigenvalue weighted by Gasteiger charge is 2.24. The molecule has 2 aromatic rings. The molecule has 0 radical (unpaired) electrons. The van der Waals surface area contributed by atoms with Gasteiger partial charge in [0.05, 0.1) is 25.4 Å². The number of aromatic hydroxyl groups is 1. The number of benzene rings is 2. The number of nitrogens with one attached hydrogen (secondary N) is 1. The van der Waals surface area contributed by atoms with Gasteiger partial charge in [0.15, 0.2) is 6.29 Å². The molecule has 0 saturated carbocycles. The molecule has 1 saturated heterocycles. The third-order valence-electron chi connectivity index (χ3n) is 4.71. The van der Waals surface area contributed by atoms with Crippen LogP contribution >= 0.6 is 0 Å². The standard InChI is InChI=1S/C24H27NO8/c26-14-17-5-8-20(13-22(17)27)31-11-1-3-23(28)25-18-6-9-19(10-7-18)30-12-2-4-24(29)33-16-21-15-32-21/h5-10,13-14,21,27H,1-4,11-12,15-16H2,(H,25,28). The average molecular weight is 457 g/mol. The van der Waals surface area contributed by atoms with Crippen molar-refractivity contribution in [2.75, 3.05) is 31.7 Å². The lowest BCUT2D eigenvalue weighted by molar-refractivity contribution is -0.144. The van der Waals surface area contributed by atoms with Crippen LogP contribution in [0.1, 0.15) is 36.0 Å². The van der Waals surface area contributed by atoms with Crippen LogP contribution in [0.15, 0.2) is 42.5 Å². The highest BCUT2D eigenvalue weighted by molar-refractivity contribution is 5.90. The van der Waals surface area contributed by atoms with Crippen molar-refractivity contribution in [1.82, 2.24) is 0 Å². The Labute approximate surface area is 191 Å². The van der Waals surface area contributed by atoms with Crippen LogP contribution in [-0.4, -0.2) is 55.8 Å². The van der Waals surface area contributed by atoms with E-state index in [-0.39, 0.29) is 42.1 Å². The van der Waals surface area contributed by atoms with Gasteiger partial charge in [0.25, 0.3) is 0 Å². The van der Waals surface area contributed by atoms with Crippen LogP contribution in [0.25, 0.3) is 0 Å². The molecule has 1 atom stereocenters. The maximum atomic E-state index is 12.1. The first-order valence-electron chi connectivity index (χ1n) is 10.7. The van der Waals surface area contributed by atoms with Gasteiger partial charge in [-0.05, 0) is 49.2 Å². The Morgan fingerprint density at radius 1 is 1.03 bits per heavy atom. The number of amides is 1. The lowest BCUT2D eigenvalue weighted by Crippen LogP contribution is -2.13. The minimum absolute atomic E-state index is 0.0704. The van der Waals surface area contributed by atoms with Crippen LogP contribution in [0.2, 0.25) is 0 Å². The number of hydrogen-bond acceptors (Lipinski definition) is 8. The molecule has 176 valence electrons. The smallest absolute Gasteiger partial charge is 0.306 e. The summed E-state index contributed by atoms with van der Waals surface area (Å²) in [7, 11) is 0. The van der Waals surface area contributed by atoms with E-state index in [1.54, 1.807) is 30.3 Å². The second kappa shape index (κ2) is 12.4. The van der Waals surface area contributed by atoms with Crippen LogP contribution in [0, 0.1) is 0 Å². The maximum absolute atomic E-state index is 12.1. The Kier molecular flexibility index (Phi) is 9.08. The van der Waals surface area contributed by atoms with Gasteiger partial charge in [0.1, 0.15) is 30.0 Å². The summed E-state index contributed by atoms with van der Waals surface area (Å²) in [5.74, 6) is 0.520. The summed E-state index contributed by atoms with van der Waals surface area (Å²) >= 11 is 0. The molecule has 3 rings (SSSR count). The van der Waals surface area contributed by atoms with Crippen LogP contribution in [0.3, 0.4) is 0 Å². The van der Waals surface area contributed by atoms with Gasteiger partial charge in [0.2, 0.25) is 5.91 Å². The molecule has 33 heavy (non-hydrogen) atoms. The largest absolute Gasteiger partial charge is 0.507 e. The number of aldehydes is 1. The van der Waals surface area contributed by atoms with Gasteiger partial charge < -0.3 is 29.4 Å². The van der Waals surface area contributed by atoms with Crippen molar-refractivity contribution in [3.8, 4) is 17.2 Å². The molecule has 0 aromatic heterocycles. The van der Waals surface area contributed by atoms with Crippen LogP contribution < -0.4 is 14.8 Å². The Morgan fingerprint density at radius 2 is 1.70 bits per heavy atom. The Morgan fingerprint density at radius 3 is 2.36 bits per heavy atom. The molecular formula is C24H27NO8. The molecule has 9 nitrogen and oxygen atoms in total. The molecule has 1 amide bonds. The van der Waals surface area contributed by atoms with Gasteiger partial charge in [-0.15, -0.1) is 0 Å². The maximum Gasteiger partial charge on any atom is 0.306 e. The number of carbonyl (C=O) groups is 3. The predicted molar refractivity (Wildman–Crippen MR) is 119 cm³/mol. The van der Waals surface area contributed by atoms with Gasteiger partial charge >= 0.3 is 5.97 Å². The van der Waals surface area contributed by atoms with Crippen molar-refractivity contribution in [3.63, 3.8) is 0 Å². The van der Waals surface area contributed by atoms with E-state index in [4.69, 9.17) is 18.9 Å². The van der Waals surface area contributed by atoms with E-state index in [2.05, 4.69) is 5.32 Å². The van der Waals surface area contributed by atoms with Crippen molar-refractivity contribution < 1.29 is 38.4 Å². The first-order chi connectivity index (χ1) is 16.0. The molecule has 9 heteroatoms. The quantitative estimate of drug-likeness (QED) is 0.192. The topological polar surface area (TPSA) is 124 Å². The first-order valence-corrected chi connectivity index (χ1v) is 10.7. The molecule has 0 bridgehead atoms. The van der Waals surface area contributed by atoms with E-state index in [0.717, 1.165) is 0 Å². The molecule has 2 N–H and O–H groups in total. The lowest BCUT2D eigenvalue weighted by atomic mass is 10.2. The third kappa shape index (κ3) is 8.82. The molecule has 0 aliphatic carbocycles. The van der Waals surface area contributed by atoms with Gasteiger partial charge in [-0.3, -0.25) is 14.4 Å². The molecular weight excluding hydrogens is 430 g/mol. The number of esters is 1. The van der Waals surface area contributed by atoms with Gasteiger partial charge in [-0.2, -0.15) is 0 Å². The zero-order valence-corrected chi connectivity index (χ0v) is 18.2. The number of rotatable bonds is 14. The lowest BCUT2D eigenvalue weighted by Gasteiger charge is -2.09. The summed E-state index contributed by atoms with van der Waals surface area (Å²) in [6, 6.07) is 11.4. The van der Waals surface area contributed by atoms with Gasteiger partial charge in [-0.25, -0.2) is 0 Å². The minimum Gasteiger partial charge on any atom is -0.507 e. The van der Waals surface area contributed by atoms with Gasteiger partial charge in [0, 0.05) is 24.6 Å². The van der Waals surface area contributed by atoms with E-state index >= 15 is 0 Å². The van der Waals surface area contributed by atoms with Crippen LogP contribution in [0.5, 0.6) is 17.2 Å². The fraction of sp³-hybridized carbons (Fsp3) is 0.375. The molecule has 0 spiro atoms. The first kappa shape index (κ1) is 24.1. The van der Waals surface area contributed by atoms with Crippen molar-refractivity contribution in [2.24, 2.45) is 0 Å². The third-order valence-corrected chi connectivity index (χ3v) is 4.71. The Bertz CT molecular complexity index is 940. The number of epoxide rings is 1. The molecule has 1 fully saturated rings. The highest BCUT2D eigenvalue weighted by atomic mass is 16.6. The predicted octanol–water partition coefficient (Wildman–Crippen LogP) is 3.10. The van der Waals surface area contributed by atoms with E-state index in [1.165, 1.54) is 12.1 Å². The minimum atomic E-state index is -0.258. The number of anilines is 1. The zero-order valence-electron chi connectivity index (χ0n) is 18.2. The van der Waals surface area contributed by atoms with E-state index in [0.29, 0.717) is 62.7 Å². The number of phenols is 1. The molecule has 1 unspecified atom stereocenters. The molecule has 2 aromatic carbocycles. The normalized spacial score (nSPS) is 14.2. The van der Waals surface area contributed by atoms with E-state index in [9.17, 15) is 19.5 Å². The molecule has 1 aliphatic heterocycles. The zero-order chi connectivity index (χ0) is 23.5. The fourth-order valence-electron chi connectivity index (χ4n) is 2.82. The second-order valence-corrected chi connectivity index (χ2v) is 7.45. The monoisotopic (exact) mass is 457 g/mol. The summed E-state index contributed by atoms with van der Waals surface area (Å²) < 4.78 is 21.1. The van der Waals surface area contributed by atoms with Crippen molar-refractivity contribution in [2.45, 2.75) is 31.8 Å². The molecule has 1 aliphatic rings. The SMILES string of the molecule is O=Cc1ccc(OCCCC(=O)Nc2ccc(OCCCC(=O)OCC3CO3)cc2)cc1O. The van der Waals surface area contributed by atoms with Crippen LogP contribution in [0.4, 0.5) is 5.69 Å². The second-order valence-electron chi connectivity index (χ2n) is 7.45. The van der Waals surface area contributed by atoms with Crippen molar-refractivity contribution in [1.29, 1.82) is 0 Å². The van der Waals surface area contributed by atoms with Crippen LogP contribution in [-0.2, 0) is 19.1 Å². The van der Waals surface area contributed by atoms with E-state index in [1.807, 2.05) is 0 Å². The highest BCUT2D eigenvalue weighted by Crippen LogP contribution is 2.22. The average Bonchev–Trinajstić information content (AvgIpc) is 3.64. The number of hydrogen-bond donors (Lipinski definition) is 2. The number of phenolic OH excluding ortho intramolecular Hbond substituents is 1. The fourth-order valence-corrected chi connectivity index (χ4v) is 2.82. The summed E-state index contributed by atoms with van der Waals surface area (Å²) in [6.45, 7) is 1.66. The molecule has 1 heterocycles. The Hall–Kier alpha value is -3.59. The summed E-state index contributed by atoms with van der Waals surface area (Å²) in [4.78, 5) is 34.3. The van der Waals surface area contributed by atoms with Crippen molar-refractivity contribution >= 4 is 23.9 Å². The summed E-state index contributed by atoms with van der Waals surface area (Å²) in [5.41, 5.74) is 0.839.